The molecule has 0 aliphatic heterocycles. The SMILES string of the molecule is O=C(/C=C/c1ccc(F)cc1)Nc1ccc(N=Nc2ccccc2)cc1. The maximum absolute atomic E-state index is 12.8. The van der Waals surface area contributed by atoms with Crippen molar-refractivity contribution in [3.05, 3.63) is 96.3 Å². The van der Waals surface area contributed by atoms with Gasteiger partial charge in [0.2, 0.25) is 5.91 Å². The Bertz CT molecular complexity index is 918. The van der Waals surface area contributed by atoms with Crippen LogP contribution < -0.4 is 5.32 Å². The number of anilines is 1. The van der Waals surface area contributed by atoms with Gasteiger partial charge in [0.05, 0.1) is 11.4 Å². The third-order valence-corrected chi connectivity index (χ3v) is 3.47. The zero-order chi connectivity index (χ0) is 18.2. The van der Waals surface area contributed by atoms with E-state index < -0.39 is 0 Å². The zero-order valence-corrected chi connectivity index (χ0v) is 13.8. The van der Waals surface area contributed by atoms with E-state index >= 15 is 0 Å². The summed E-state index contributed by atoms with van der Waals surface area (Å²) < 4.78 is 12.8. The number of nitrogens with one attached hydrogen (secondary N) is 1. The largest absolute Gasteiger partial charge is 0.323 e. The van der Waals surface area contributed by atoms with Gasteiger partial charge in [0.25, 0.3) is 0 Å². The highest BCUT2D eigenvalue weighted by molar-refractivity contribution is 6.01. The second kappa shape index (κ2) is 8.48. The number of hydrogen-bond acceptors (Lipinski definition) is 3. The molecule has 3 rings (SSSR count). The first-order valence-electron chi connectivity index (χ1n) is 8.00. The average molecular weight is 345 g/mol. The molecular weight excluding hydrogens is 329 g/mol. The Morgan fingerprint density at radius 3 is 2.08 bits per heavy atom. The Balaban J connectivity index is 1.57. The van der Waals surface area contributed by atoms with Crippen LogP contribution in [0, 0.1) is 5.82 Å². The van der Waals surface area contributed by atoms with E-state index in [0.717, 1.165) is 11.3 Å². The van der Waals surface area contributed by atoms with Gasteiger partial charge >= 0.3 is 0 Å². The minimum atomic E-state index is -0.309. The van der Waals surface area contributed by atoms with Crippen LogP contribution in [0.15, 0.2) is 95.2 Å². The van der Waals surface area contributed by atoms with Gasteiger partial charge in [-0.25, -0.2) is 4.39 Å². The molecule has 0 atom stereocenters. The van der Waals surface area contributed by atoms with E-state index in [2.05, 4.69) is 15.5 Å². The van der Waals surface area contributed by atoms with Crippen LogP contribution in [0.4, 0.5) is 21.5 Å². The molecule has 26 heavy (non-hydrogen) atoms. The first kappa shape index (κ1) is 17.2. The topological polar surface area (TPSA) is 53.8 Å². The van der Waals surface area contributed by atoms with Crippen LogP contribution in [-0.2, 0) is 4.79 Å². The number of carbonyl (C=O) groups is 1. The van der Waals surface area contributed by atoms with Crippen LogP contribution in [0.25, 0.3) is 6.08 Å². The molecule has 3 aromatic carbocycles. The van der Waals surface area contributed by atoms with E-state index in [1.165, 1.54) is 18.2 Å². The van der Waals surface area contributed by atoms with Crippen LogP contribution in [-0.4, -0.2) is 5.91 Å². The Morgan fingerprint density at radius 1 is 0.808 bits per heavy atom. The molecular formula is C21H16FN3O. The number of halogens is 1. The van der Waals surface area contributed by atoms with Crippen LogP contribution in [0.3, 0.4) is 0 Å². The van der Waals surface area contributed by atoms with Crippen LogP contribution in [0.5, 0.6) is 0 Å². The molecule has 0 spiro atoms. The lowest BCUT2D eigenvalue weighted by Gasteiger charge is -2.02. The monoisotopic (exact) mass is 345 g/mol. The zero-order valence-electron chi connectivity index (χ0n) is 13.8. The maximum atomic E-state index is 12.8. The summed E-state index contributed by atoms with van der Waals surface area (Å²) in [4.78, 5) is 11.9. The fraction of sp³-hybridized carbons (Fsp3) is 0. The van der Waals surface area contributed by atoms with E-state index in [4.69, 9.17) is 0 Å². The van der Waals surface area contributed by atoms with Gasteiger partial charge in [-0.2, -0.15) is 10.2 Å². The molecule has 4 nitrogen and oxygen atoms in total. The summed E-state index contributed by atoms with van der Waals surface area (Å²) in [5.41, 5.74) is 2.86. The smallest absolute Gasteiger partial charge is 0.248 e. The van der Waals surface area contributed by atoms with Gasteiger partial charge < -0.3 is 5.32 Å². The summed E-state index contributed by atoms with van der Waals surface area (Å²) in [5, 5.41) is 11.0. The fourth-order valence-corrected chi connectivity index (χ4v) is 2.15. The van der Waals surface area contributed by atoms with Gasteiger partial charge in [-0.15, -0.1) is 0 Å². The van der Waals surface area contributed by atoms with Crippen LogP contribution in [0.1, 0.15) is 5.56 Å². The maximum Gasteiger partial charge on any atom is 0.248 e. The van der Waals surface area contributed by atoms with Crippen molar-refractivity contribution in [1.29, 1.82) is 0 Å². The predicted molar refractivity (Wildman–Crippen MR) is 101 cm³/mol. The first-order chi connectivity index (χ1) is 12.7. The average Bonchev–Trinajstić information content (AvgIpc) is 2.68. The Labute approximate surface area is 150 Å². The van der Waals surface area contributed by atoms with Crippen molar-refractivity contribution in [2.75, 3.05) is 5.32 Å². The lowest BCUT2D eigenvalue weighted by molar-refractivity contribution is -0.111. The second-order valence-corrected chi connectivity index (χ2v) is 5.46. The van der Waals surface area contributed by atoms with Crippen LogP contribution >= 0.6 is 0 Å². The molecule has 1 amide bonds. The summed E-state index contributed by atoms with van der Waals surface area (Å²) in [6.07, 6.45) is 3.02. The van der Waals surface area contributed by atoms with E-state index in [0.29, 0.717) is 11.4 Å². The highest BCUT2D eigenvalue weighted by Gasteiger charge is 1.99. The lowest BCUT2D eigenvalue weighted by Crippen LogP contribution is -2.07. The molecule has 0 saturated carbocycles. The standard InChI is InChI=1S/C21H16FN3O/c22-17-9-6-16(7-10-17)8-15-21(26)23-18-11-13-20(14-12-18)25-24-19-4-2-1-3-5-19/h1-15H,(H,23,26)/b15-8+,25-24?. The summed E-state index contributed by atoms with van der Waals surface area (Å²) in [6.45, 7) is 0. The molecule has 0 fully saturated rings. The number of rotatable bonds is 5. The summed E-state index contributed by atoms with van der Waals surface area (Å²) in [5.74, 6) is -0.580. The van der Waals surface area contributed by atoms with Crippen molar-refractivity contribution in [1.82, 2.24) is 0 Å². The van der Waals surface area contributed by atoms with E-state index in [9.17, 15) is 9.18 Å². The highest BCUT2D eigenvalue weighted by Crippen LogP contribution is 2.20. The van der Waals surface area contributed by atoms with Crippen molar-refractivity contribution in [3.63, 3.8) is 0 Å². The van der Waals surface area contributed by atoms with Gasteiger partial charge in [-0.3, -0.25) is 4.79 Å². The van der Waals surface area contributed by atoms with Gasteiger partial charge in [-0.05, 0) is 60.2 Å². The number of carbonyl (C=O) groups excluding carboxylic acids is 1. The number of amides is 1. The minimum Gasteiger partial charge on any atom is -0.323 e. The van der Waals surface area contributed by atoms with Crippen LogP contribution in [0.2, 0.25) is 0 Å². The normalized spacial score (nSPS) is 11.1. The second-order valence-electron chi connectivity index (χ2n) is 5.46. The Morgan fingerprint density at radius 2 is 1.42 bits per heavy atom. The number of azo groups is 1. The molecule has 3 aromatic rings. The Hall–Kier alpha value is -3.60. The van der Waals surface area contributed by atoms with E-state index in [1.807, 2.05) is 30.3 Å². The molecule has 0 saturated heterocycles. The molecule has 1 N–H and O–H groups in total. The molecule has 0 heterocycles. The quantitative estimate of drug-likeness (QED) is 0.455. The van der Waals surface area contributed by atoms with Crippen molar-refractivity contribution < 1.29 is 9.18 Å². The van der Waals surface area contributed by atoms with Gasteiger partial charge in [-0.1, -0.05) is 30.3 Å². The van der Waals surface area contributed by atoms with Gasteiger partial charge in [0, 0.05) is 11.8 Å². The highest BCUT2D eigenvalue weighted by atomic mass is 19.1. The van der Waals surface area contributed by atoms with Crippen molar-refractivity contribution in [3.8, 4) is 0 Å². The van der Waals surface area contributed by atoms with E-state index in [-0.39, 0.29) is 11.7 Å². The van der Waals surface area contributed by atoms with E-state index in [1.54, 1.807) is 42.5 Å². The van der Waals surface area contributed by atoms with Crippen molar-refractivity contribution in [2.45, 2.75) is 0 Å². The van der Waals surface area contributed by atoms with Crippen molar-refractivity contribution in [2.24, 2.45) is 10.2 Å². The molecule has 0 aliphatic rings. The number of benzene rings is 3. The van der Waals surface area contributed by atoms with Crippen molar-refractivity contribution >= 4 is 29.0 Å². The number of nitrogens with zero attached hydrogens (tertiary/aromatic N) is 2. The lowest BCUT2D eigenvalue weighted by atomic mass is 10.2. The molecule has 0 unspecified atom stereocenters. The Kier molecular flexibility index (Phi) is 5.62. The molecule has 5 heteroatoms. The molecule has 0 aliphatic carbocycles. The summed E-state index contributed by atoms with van der Waals surface area (Å²) >= 11 is 0. The summed E-state index contributed by atoms with van der Waals surface area (Å²) in [7, 11) is 0. The molecule has 0 aromatic heterocycles. The third kappa shape index (κ3) is 5.21. The molecule has 128 valence electrons. The molecule has 0 bridgehead atoms. The first-order valence-corrected chi connectivity index (χ1v) is 8.00. The molecule has 0 radical (unpaired) electrons. The fourth-order valence-electron chi connectivity index (χ4n) is 2.15. The summed E-state index contributed by atoms with van der Waals surface area (Å²) in [6, 6.07) is 22.4. The van der Waals surface area contributed by atoms with Gasteiger partial charge in [0.1, 0.15) is 5.82 Å². The van der Waals surface area contributed by atoms with Gasteiger partial charge in [0.15, 0.2) is 0 Å². The predicted octanol–water partition coefficient (Wildman–Crippen LogP) is 5.89. The minimum absolute atomic E-state index is 0.270. The third-order valence-electron chi connectivity index (χ3n) is 3.47. The number of hydrogen-bond donors (Lipinski definition) is 1.